The van der Waals surface area contributed by atoms with Crippen LogP contribution < -0.4 is 5.32 Å². The predicted octanol–water partition coefficient (Wildman–Crippen LogP) is 0.387. The van der Waals surface area contributed by atoms with Crippen LogP contribution in [0.15, 0.2) is 6.33 Å². The van der Waals surface area contributed by atoms with E-state index >= 15 is 0 Å². The summed E-state index contributed by atoms with van der Waals surface area (Å²) in [7, 11) is 1.95. The molecule has 5 heteroatoms. The zero-order valence-electron chi connectivity index (χ0n) is 10.3. The Morgan fingerprint density at radius 1 is 1.50 bits per heavy atom. The molecule has 2 rings (SSSR count). The third kappa shape index (κ3) is 2.59. The van der Waals surface area contributed by atoms with Crippen molar-refractivity contribution in [1.82, 2.24) is 25.0 Å². The van der Waals surface area contributed by atoms with E-state index in [9.17, 15) is 0 Å². The first kappa shape index (κ1) is 11.5. The number of aromatic nitrogens is 3. The van der Waals surface area contributed by atoms with Crippen LogP contribution >= 0.6 is 0 Å². The van der Waals surface area contributed by atoms with Gasteiger partial charge in [-0.15, -0.1) is 0 Å². The molecule has 1 aliphatic rings. The summed E-state index contributed by atoms with van der Waals surface area (Å²) >= 11 is 0. The number of rotatable bonds is 2. The molecule has 16 heavy (non-hydrogen) atoms. The Morgan fingerprint density at radius 3 is 3.00 bits per heavy atom. The zero-order chi connectivity index (χ0) is 11.5. The van der Waals surface area contributed by atoms with Crippen LogP contribution in [0.4, 0.5) is 0 Å². The van der Waals surface area contributed by atoms with Crippen molar-refractivity contribution in [3.63, 3.8) is 0 Å². The Balaban J connectivity index is 2.04. The third-order valence-corrected chi connectivity index (χ3v) is 3.34. The molecular formula is C11H21N5. The number of nitrogens with zero attached hydrogens (tertiary/aromatic N) is 4. The van der Waals surface area contributed by atoms with Gasteiger partial charge in [0.1, 0.15) is 12.2 Å². The minimum absolute atomic E-state index is 0.554. The Kier molecular flexibility index (Phi) is 3.56. The van der Waals surface area contributed by atoms with Gasteiger partial charge in [0, 0.05) is 25.7 Å². The molecule has 90 valence electrons. The van der Waals surface area contributed by atoms with E-state index < -0.39 is 0 Å². The molecule has 2 heterocycles. The van der Waals surface area contributed by atoms with Crippen molar-refractivity contribution in [3.8, 4) is 0 Å². The van der Waals surface area contributed by atoms with Crippen LogP contribution in [0.5, 0.6) is 0 Å². The van der Waals surface area contributed by atoms with Crippen LogP contribution in [-0.2, 0) is 13.6 Å². The first-order valence-corrected chi connectivity index (χ1v) is 5.97. The van der Waals surface area contributed by atoms with Crippen LogP contribution in [-0.4, -0.2) is 44.8 Å². The largest absolute Gasteiger partial charge is 0.313 e. The van der Waals surface area contributed by atoms with Crippen molar-refractivity contribution in [2.75, 3.05) is 13.1 Å². The molecule has 0 saturated carbocycles. The summed E-state index contributed by atoms with van der Waals surface area (Å²) in [5, 5.41) is 7.63. The standard InChI is InChI=1S/C11H21N5/c1-9-6-16(10(2)4-5-12-9)7-11-13-8-14-15(11)3/h8-10,12H,4-7H2,1-3H3. The van der Waals surface area contributed by atoms with Crippen molar-refractivity contribution < 1.29 is 0 Å². The average Bonchev–Trinajstić information content (AvgIpc) is 2.55. The van der Waals surface area contributed by atoms with Gasteiger partial charge >= 0.3 is 0 Å². The van der Waals surface area contributed by atoms with Crippen LogP contribution in [0, 0.1) is 0 Å². The van der Waals surface area contributed by atoms with Crippen molar-refractivity contribution in [3.05, 3.63) is 12.2 Å². The summed E-state index contributed by atoms with van der Waals surface area (Å²) < 4.78 is 1.86. The SMILES string of the molecule is CC1CN(Cc2ncnn2C)C(C)CCN1. The molecule has 2 unspecified atom stereocenters. The lowest BCUT2D eigenvalue weighted by Crippen LogP contribution is -2.38. The zero-order valence-corrected chi connectivity index (χ0v) is 10.3. The molecule has 2 atom stereocenters. The third-order valence-electron chi connectivity index (χ3n) is 3.34. The van der Waals surface area contributed by atoms with E-state index in [0.29, 0.717) is 12.1 Å². The van der Waals surface area contributed by atoms with Crippen LogP contribution in [0.1, 0.15) is 26.1 Å². The van der Waals surface area contributed by atoms with Gasteiger partial charge in [0.25, 0.3) is 0 Å². The molecule has 0 amide bonds. The number of hydrogen-bond acceptors (Lipinski definition) is 4. The molecular weight excluding hydrogens is 202 g/mol. The quantitative estimate of drug-likeness (QED) is 0.788. The van der Waals surface area contributed by atoms with Crippen LogP contribution in [0.2, 0.25) is 0 Å². The van der Waals surface area contributed by atoms with E-state index in [0.717, 1.165) is 25.5 Å². The van der Waals surface area contributed by atoms with Crippen molar-refractivity contribution >= 4 is 0 Å². The molecule has 1 aromatic rings. The fourth-order valence-corrected chi connectivity index (χ4v) is 2.18. The van der Waals surface area contributed by atoms with Crippen LogP contribution in [0.3, 0.4) is 0 Å². The first-order chi connectivity index (χ1) is 7.66. The van der Waals surface area contributed by atoms with Crippen molar-refractivity contribution in [2.45, 2.75) is 38.9 Å². The second-order valence-corrected chi connectivity index (χ2v) is 4.72. The van der Waals surface area contributed by atoms with Crippen molar-refractivity contribution in [2.24, 2.45) is 7.05 Å². The van der Waals surface area contributed by atoms with Gasteiger partial charge in [-0.2, -0.15) is 5.10 Å². The van der Waals surface area contributed by atoms with E-state index in [4.69, 9.17) is 0 Å². The summed E-state index contributed by atoms with van der Waals surface area (Å²) in [6, 6.07) is 1.16. The summed E-state index contributed by atoms with van der Waals surface area (Å²) in [6.45, 7) is 7.60. The summed E-state index contributed by atoms with van der Waals surface area (Å²) in [5.41, 5.74) is 0. The number of aryl methyl sites for hydroxylation is 1. The van der Waals surface area contributed by atoms with Gasteiger partial charge in [-0.3, -0.25) is 9.58 Å². The molecule has 1 fully saturated rings. The molecule has 0 spiro atoms. The highest BCUT2D eigenvalue weighted by Crippen LogP contribution is 2.11. The van der Waals surface area contributed by atoms with Gasteiger partial charge in [-0.1, -0.05) is 0 Å². The Labute approximate surface area is 96.8 Å². The van der Waals surface area contributed by atoms with Gasteiger partial charge in [0.05, 0.1) is 6.54 Å². The van der Waals surface area contributed by atoms with Crippen molar-refractivity contribution in [1.29, 1.82) is 0 Å². The topological polar surface area (TPSA) is 46.0 Å². The fourth-order valence-electron chi connectivity index (χ4n) is 2.18. The van der Waals surface area contributed by atoms with E-state index in [1.807, 2.05) is 11.7 Å². The van der Waals surface area contributed by atoms with Gasteiger partial charge in [0.2, 0.25) is 0 Å². The summed E-state index contributed by atoms with van der Waals surface area (Å²) in [4.78, 5) is 6.77. The molecule has 0 aliphatic carbocycles. The molecule has 0 radical (unpaired) electrons. The lowest BCUT2D eigenvalue weighted by Gasteiger charge is -2.27. The first-order valence-electron chi connectivity index (χ1n) is 5.97. The normalized spacial score (nSPS) is 27.9. The van der Waals surface area contributed by atoms with Gasteiger partial charge in [0.15, 0.2) is 0 Å². The lowest BCUT2D eigenvalue weighted by molar-refractivity contribution is 0.191. The highest BCUT2D eigenvalue weighted by molar-refractivity contribution is 4.87. The average molecular weight is 223 g/mol. The molecule has 1 aliphatic heterocycles. The van der Waals surface area contributed by atoms with E-state index in [1.165, 1.54) is 6.42 Å². The highest BCUT2D eigenvalue weighted by atomic mass is 15.3. The smallest absolute Gasteiger partial charge is 0.140 e. The van der Waals surface area contributed by atoms with Crippen LogP contribution in [0.25, 0.3) is 0 Å². The number of hydrogen-bond donors (Lipinski definition) is 1. The fraction of sp³-hybridized carbons (Fsp3) is 0.818. The predicted molar refractivity (Wildman–Crippen MR) is 63.0 cm³/mol. The highest BCUT2D eigenvalue weighted by Gasteiger charge is 2.21. The molecule has 0 aromatic carbocycles. The Bertz CT molecular complexity index is 335. The summed E-state index contributed by atoms with van der Waals surface area (Å²) in [6.07, 6.45) is 2.82. The van der Waals surface area contributed by atoms with E-state index in [1.54, 1.807) is 6.33 Å². The van der Waals surface area contributed by atoms with E-state index in [-0.39, 0.29) is 0 Å². The minimum Gasteiger partial charge on any atom is -0.313 e. The Morgan fingerprint density at radius 2 is 2.31 bits per heavy atom. The molecule has 1 N–H and O–H groups in total. The summed E-state index contributed by atoms with van der Waals surface area (Å²) in [5.74, 6) is 1.04. The second-order valence-electron chi connectivity index (χ2n) is 4.72. The number of nitrogens with one attached hydrogen (secondary N) is 1. The lowest BCUT2D eigenvalue weighted by atomic mass is 10.2. The van der Waals surface area contributed by atoms with Gasteiger partial charge in [-0.05, 0) is 26.8 Å². The maximum absolute atomic E-state index is 4.29. The van der Waals surface area contributed by atoms with E-state index in [2.05, 4.69) is 34.1 Å². The van der Waals surface area contributed by atoms with Gasteiger partial charge < -0.3 is 5.32 Å². The monoisotopic (exact) mass is 223 g/mol. The molecule has 5 nitrogen and oxygen atoms in total. The van der Waals surface area contributed by atoms with Gasteiger partial charge in [-0.25, -0.2) is 4.98 Å². The molecule has 1 saturated heterocycles. The Hall–Kier alpha value is -0.940. The molecule has 0 bridgehead atoms. The second kappa shape index (κ2) is 4.93. The minimum atomic E-state index is 0.554. The maximum atomic E-state index is 4.29. The molecule has 1 aromatic heterocycles. The maximum Gasteiger partial charge on any atom is 0.140 e.